The molecule has 8 heteroatoms. The number of thiophene rings is 1. The van der Waals surface area contributed by atoms with Crippen LogP contribution in [0.1, 0.15) is 20.0 Å². The van der Waals surface area contributed by atoms with Crippen LogP contribution < -0.4 is 14.8 Å². The number of ether oxygens (including phenoxy) is 3. The molecule has 2 N–H and O–H groups in total. The lowest BCUT2D eigenvalue weighted by atomic mass is 10.2. The molecule has 3 rings (SSSR count). The fourth-order valence-corrected chi connectivity index (χ4v) is 3.09. The zero-order chi connectivity index (χ0) is 21.3. The van der Waals surface area contributed by atoms with Gasteiger partial charge in [0.2, 0.25) is 0 Å². The van der Waals surface area contributed by atoms with Gasteiger partial charge in [0.1, 0.15) is 30.8 Å². The van der Waals surface area contributed by atoms with E-state index in [4.69, 9.17) is 9.47 Å². The Bertz CT molecular complexity index is 954. The van der Waals surface area contributed by atoms with Crippen LogP contribution in [0.15, 0.2) is 66.0 Å². The van der Waals surface area contributed by atoms with Gasteiger partial charge in [0.25, 0.3) is 5.91 Å². The average molecular weight is 427 g/mol. The Hall–Kier alpha value is -3.36. The minimum absolute atomic E-state index is 0.0343. The number of esters is 1. The molecule has 1 atom stereocenters. The number of aliphatic hydroxyl groups is 1. The summed E-state index contributed by atoms with van der Waals surface area (Å²) in [5.74, 6) is 0.496. The molecule has 7 nitrogen and oxygen atoms in total. The van der Waals surface area contributed by atoms with Crippen molar-refractivity contribution in [1.29, 1.82) is 0 Å². The third kappa shape index (κ3) is 6.07. The molecule has 30 heavy (non-hydrogen) atoms. The maximum Gasteiger partial charge on any atom is 0.337 e. The molecule has 0 aliphatic carbocycles. The second-order valence-corrected chi connectivity index (χ2v) is 7.20. The predicted octanol–water partition coefficient (Wildman–Crippen LogP) is 3.61. The normalized spacial score (nSPS) is 11.4. The first-order valence-electron chi connectivity index (χ1n) is 9.12. The summed E-state index contributed by atoms with van der Waals surface area (Å²) in [4.78, 5) is 24.1. The summed E-state index contributed by atoms with van der Waals surface area (Å²) in [6, 6.07) is 16.9. The Morgan fingerprint density at radius 3 is 2.10 bits per heavy atom. The molecule has 0 bridgehead atoms. The molecular formula is C22H21NO6S. The molecule has 0 spiro atoms. The van der Waals surface area contributed by atoms with E-state index in [0.29, 0.717) is 27.6 Å². The van der Waals surface area contributed by atoms with Gasteiger partial charge in [-0.1, -0.05) is 6.07 Å². The van der Waals surface area contributed by atoms with Crippen molar-refractivity contribution >= 4 is 28.9 Å². The number of hydrogen-bond acceptors (Lipinski definition) is 7. The second-order valence-electron chi connectivity index (χ2n) is 6.25. The molecule has 2 aromatic carbocycles. The maximum atomic E-state index is 12.0. The smallest absolute Gasteiger partial charge is 0.337 e. The van der Waals surface area contributed by atoms with Crippen molar-refractivity contribution in [3.63, 3.8) is 0 Å². The van der Waals surface area contributed by atoms with Crippen LogP contribution in [0.4, 0.5) is 5.69 Å². The van der Waals surface area contributed by atoms with E-state index in [9.17, 15) is 14.7 Å². The lowest BCUT2D eigenvalue weighted by Crippen LogP contribution is -2.25. The quantitative estimate of drug-likeness (QED) is 0.507. The molecular weight excluding hydrogens is 406 g/mol. The topological polar surface area (TPSA) is 94.1 Å². The highest BCUT2D eigenvalue weighted by Crippen LogP contribution is 2.18. The van der Waals surface area contributed by atoms with Crippen LogP contribution in [-0.4, -0.2) is 43.4 Å². The first-order valence-corrected chi connectivity index (χ1v) is 10.00. The first kappa shape index (κ1) is 21.4. The summed E-state index contributed by atoms with van der Waals surface area (Å²) in [6.45, 7) is 0.0771. The van der Waals surface area contributed by atoms with Gasteiger partial charge in [-0.15, -0.1) is 11.3 Å². The summed E-state index contributed by atoms with van der Waals surface area (Å²) in [5.41, 5.74) is 1.07. The van der Waals surface area contributed by atoms with E-state index in [0.717, 1.165) is 0 Å². The zero-order valence-electron chi connectivity index (χ0n) is 16.2. The van der Waals surface area contributed by atoms with Gasteiger partial charge in [-0.05, 0) is 60.0 Å². The standard InChI is InChI=1S/C22H21NO6S/c1-27-22(26)15-4-8-18(9-5-15)28-13-17(24)14-29-19-10-6-16(7-11-19)23-21(25)20-3-2-12-30-20/h2-12,17,24H,13-14H2,1H3,(H,23,25). The lowest BCUT2D eigenvalue weighted by molar-refractivity contribution is 0.0597. The van der Waals surface area contributed by atoms with Gasteiger partial charge in [0.05, 0.1) is 17.6 Å². The number of benzene rings is 2. The largest absolute Gasteiger partial charge is 0.491 e. The van der Waals surface area contributed by atoms with Crippen molar-refractivity contribution in [2.75, 3.05) is 25.6 Å². The Morgan fingerprint density at radius 1 is 0.967 bits per heavy atom. The Labute approximate surface area is 177 Å². The molecule has 0 aliphatic rings. The monoisotopic (exact) mass is 427 g/mol. The minimum atomic E-state index is -0.844. The van der Waals surface area contributed by atoms with Crippen LogP contribution in [0, 0.1) is 0 Å². The van der Waals surface area contributed by atoms with Gasteiger partial charge >= 0.3 is 5.97 Å². The second kappa shape index (κ2) is 10.4. The van der Waals surface area contributed by atoms with Crippen LogP contribution in [0.3, 0.4) is 0 Å². The van der Waals surface area contributed by atoms with Crippen molar-refractivity contribution in [2.24, 2.45) is 0 Å². The third-order valence-corrected chi connectivity index (χ3v) is 4.89. The number of hydrogen-bond donors (Lipinski definition) is 2. The van der Waals surface area contributed by atoms with Crippen molar-refractivity contribution in [1.82, 2.24) is 0 Å². The van der Waals surface area contributed by atoms with E-state index < -0.39 is 12.1 Å². The predicted molar refractivity (Wildman–Crippen MR) is 113 cm³/mol. The van der Waals surface area contributed by atoms with Crippen molar-refractivity contribution in [2.45, 2.75) is 6.10 Å². The number of amides is 1. The van der Waals surface area contributed by atoms with Gasteiger partial charge < -0.3 is 24.6 Å². The molecule has 156 valence electrons. The maximum absolute atomic E-state index is 12.0. The number of carbonyl (C=O) groups excluding carboxylic acids is 2. The molecule has 0 aliphatic heterocycles. The molecule has 3 aromatic rings. The summed E-state index contributed by atoms with van der Waals surface area (Å²) in [5, 5.41) is 14.7. The molecule has 0 saturated heterocycles. The van der Waals surface area contributed by atoms with E-state index in [1.807, 2.05) is 11.4 Å². The molecule has 0 radical (unpaired) electrons. The number of nitrogens with one attached hydrogen (secondary N) is 1. The Kier molecular flexibility index (Phi) is 7.42. The van der Waals surface area contributed by atoms with E-state index in [1.165, 1.54) is 18.4 Å². The molecule has 1 heterocycles. The van der Waals surface area contributed by atoms with Crippen LogP contribution in [-0.2, 0) is 4.74 Å². The molecule has 1 unspecified atom stereocenters. The highest BCUT2D eigenvalue weighted by molar-refractivity contribution is 7.12. The third-order valence-electron chi connectivity index (χ3n) is 4.02. The molecule has 0 fully saturated rings. The van der Waals surface area contributed by atoms with E-state index in [2.05, 4.69) is 10.1 Å². The van der Waals surface area contributed by atoms with Crippen molar-refractivity contribution in [3.05, 3.63) is 76.5 Å². The van der Waals surface area contributed by atoms with Gasteiger partial charge in [0.15, 0.2) is 0 Å². The molecule has 1 aromatic heterocycles. The number of methoxy groups -OCH3 is 1. The first-order chi connectivity index (χ1) is 14.5. The highest BCUT2D eigenvalue weighted by Gasteiger charge is 2.10. The summed E-state index contributed by atoms with van der Waals surface area (Å²) >= 11 is 1.37. The molecule has 1 amide bonds. The van der Waals surface area contributed by atoms with Gasteiger partial charge in [-0.3, -0.25) is 4.79 Å². The van der Waals surface area contributed by atoms with Crippen LogP contribution in [0.2, 0.25) is 0 Å². The van der Waals surface area contributed by atoms with E-state index >= 15 is 0 Å². The lowest BCUT2D eigenvalue weighted by Gasteiger charge is -2.14. The van der Waals surface area contributed by atoms with Crippen LogP contribution >= 0.6 is 11.3 Å². The van der Waals surface area contributed by atoms with Crippen LogP contribution in [0.25, 0.3) is 0 Å². The van der Waals surface area contributed by atoms with Crippen molar-refractivity contribution in [3.8, 4) is 11.5 Å². The molecule has 0 saturated carbocycles. The average Bonchev–Trinajstić information content (AvgIpc) is 3.32. The summed E-state index contributed by atoms with van der Waals surface area (Å²) < 4.78 is 15.7. The Balaban J connectivity index is 1.41. The zero-order valence-corrected chi connectivity index (χ0v) is 17.1. The summed E-state index contributed by atoms with van der Waals surface area (Å²) in [6.07, 6.45) is -0.844. The van der Waals surface area contributed by atoms with E-state index in [1.54, 1.807) is 54.6 Å². The van der Waals surface area contributed by atoms with Crippen molar-refractivity contribution < 1.29 is 28.9 Å². The van der Waals surface area contributed by atoms with Crippen LogP contribution in [0.5, 0.6) is 11.5 Å². The number of rotatable bonds is 9. The minimum Gasteiger partial charge on any atom is -0.491 e. The van der Waals surface area contributed by atoms with Gasteiger partial charge in [-0.2, -0.15) is 0 Å². The fourth-order valence-electron chi connectivity index (χ4n) is 2.47. The SMILES string of the molecule is COC(=O)c1ccc(OCC(O)COc2ccc(NC(=O)c3cccs3)cc2)cc1. The number of aliphatic hydroxyl groups excluding tert-OH is 1. The van der Waals surface area contributed by atoms with Gasteiger partial charge in [0, 0.05) is 5.69 Å². The number of carbonyl (C=O) groups is 2. The van der Waals surface area contributed by atoms with E-state index in [-0.39, 0.29) is 19.1 Å². The highest BCUT2D eigenvalue weighted by atomic mass is 32.1. The Morgan fingerprint density at radius 2 is 1.57 bits per heavy atom. The number of anilines is 1. The summed E-state index contributed by atoms with van der Waals surface area (Å²) in [7, 11) is 1.32. The van der Waals surface area contributed by atoms with Gasteiger partial charge in [-0.25, -0.2) is 4.79 Å². The fraction of sp³-hybridized carbons (Fsp3) is 0.182.